The Morgan fingerprint density at radius 1 is 1.56 bits per heavy atom. The summed E-state index contributed by atoms with van der Waals surface area (Å²) in [4.78, 5) is 23.8. The van der Waals surface area contributed by atoms with E-state index in [1.165, 1.54) is 23.2 Å². The van der Waals surface area contributed by atoms with E-state index in [4.69, 9.17) is 5.11 Å². The first-order valence-electron chi connectivity index (χ1n) is 4.66. The Balaban J connectivity index is 2.64. The first-order chi connectivity index (χ1) is 7.41. The largest absolute Gasteiger partial charge is 0.481 e. The third-order valence-corrected chi connectivity index (χ3v) is 3.87. The molecule has 88 valence electrons. The zero-order valence-corrected chi connectivity index (χ0v) is 11.3. The Labute approximate surface area is 106 Å². The van der Waals surface area contributed by atoms with Crippen molar-refractivity contribution in [3.8, 4) is 0 Å². The smallest absolute Gasteiger partial charge is 0.306 e. The monoisotopic (exact) mass is 305 g/mol. The number of carbonyl (C=O) groups excluding carboxylic acids is 1. The van der Waals surface area contributed by atoms with Gasteiger partial charge in [0.05, 0.1) is 14.7 Å². The number of halogens is 1. The van der Waals surface area contributed by atoms with E-state index in [1.54, 1.807) is 7.05 Å². The normalized spacial score (nSPS) is 12.2. The lowest BCUT2D eigenvalue weighted by atomic mass is 10.1. The van der Waals surface area contributed by atoms with Gasteiger partial charge in [-0.1, -0.05) is 6.92 Å². The zero-order valence-electron chi connectivity index (χ0n) is 8.94. The standard InChI is InChI=1S/C10H12BrNO3S/c1-6(10(14)15)5-8(13)12(2)9-4-3-7(11)16-9/h3-4,6H,5H2,1-2H3,(H,14,15). The molecule has 0 aliphatic rings. The number of amides is 1. The molecule has 0 radical (unpaired) electrons. The minimum Gasteiger partial charge on any atom is -0.481 e. The molecular weight excluding hydrogens is 294 g/mol. The summed E-state index contributed by atoms with van der Waals surface area (Å²) in [6.45, 7) is 1.53. The molecule has 0 bridgehead atoms. The third-order valence-electron chi connectivity index (χ3n) is 2.17. The van der Waals surface area contributed by atoms with Crippen LogP contribution in [0, 0.1) is 5.92 Å². The number of hydrogen-bond acceptors (Lipinski definition) is 3. The number of thiophene rings is 1. The first kappa shape index (κ1) is 13.2. The molecule has 1 unspecified atom stereocenters. The Morgan fingerprint density at radius 2 is 2.19 bits per heavy atom. The fraction of sp³-hybridized carbons (Fsp3) is 0.400. The number of nitrogens with zero attached hydrogens (tertiary/aromatic N) is 1. The maximum absolute atomic E-state index is 11.7. The molecule has 0 aliphatic carbocycles. The minimum absolute atomic E-state index is 0.0152. The van der Waals surface area contributed by atoms with Crippen LogP contribution in [0.4, 0.5) is 5.00 Å². The van der Waals surface area contributed by atoms with E-state index in [0.717, 1.165) is 8.79 Å². The molecule has 1 amide bonds. The molecular formula is C10H12BrNO3S. The van der Waals surface area contributed by atoms with Crippen molar-refractivity contribution in [2.45, 2.75) is 13.3 Å². The van der Waals surface area contributed by atoms with E-state index in [-0.39, 0.29) is 12.3 Å². The van der Waals surface area contributed by atoms with Crippen LogP contribution in [-0.4, -0.2) is 24.0 Å². The molecule has 0 saturated carbocycles. The van der Waals surface area contributed by atoms with E-state index in [0.29, 0.717) is 0 Å². The average molecular weight is 306 g/mol. The van der Waals surface area contributed by atoms with Crippen LogP contribution in [-0.2, 0) is 9.59 Å². The van der Waals surface area contributed by atoms with Crippen molar-refractivity contribution in [1.29, 1.82) is 0 Å². The van der Waals surface area contributed by atoms with E-state index in [9.17, 15) is 9.59 Å². The average Bonchev–Trinajstić information content (AvgIpc) is 2.63. The summed E-state index contributed by atoms with van der Waals surface area (Å²) in [5, 5.41) is 9.51. The van der Waals surface area contributed by atoms with Crippen molar-refractivity contribution < 1.29 is 14.7 Å². The topological polar surface area (TPSA) is 57.6 Å². The molecule has 1 rings (SSSR count). The Bertz CT molecular complexity index is 405. The second-order valence-corrected chi connectivity index (χ2v) is 5.92. The van der Waals surface area contributed by atoms with E-state index in [2.05, 4.69) is 15.9 Å². The Kier molecular flexibility index (Phi) is 4.49. The van der Waals surface area contributed by atoms with Crippen LogP contribution in [0.2, 0.25) is 0 Å². The number of carboxylic acid groups (broad SMARTS) is 1. The van der Waals surface area contributed by atoms with Gasteiger partial charge in [0.15, 0.2) is 0 Å². The van der Waals surface area contributed by atoms with Gasteiger partial charge in [-0.15, -0.1) is 11.3 Å². The summed E-state index contributed by atoms with van der Waals surface area (Å²) in [6.07, 6.45) is 0.0152. The molecule has 1 aromatic heterocycles. The minimum atomic E-state index is -0.950. The summed E-state index contributed by atoms with van der Waals surface area (Å²) in [5.41, 5.74) is 0. The maximum atomic E-state index is 11.7. The molecule has 1 heterocycles. The van der Waals surface area contributed by atoms with Crippen molar-refractivity contribution >= 4 is 44.1 Å². The van der Waals surface area contributed by atoms with Gasteiger partial charge >= 0.3 is 5.97 Å². The van der Waals surface area contributed by atoms with Crippen molar-refractivity contribution in [3.63, 3.8) is 0 Å². The van der Waals surface area contributed by atoms with Gasteiger partial charge in [-0.05, 0) is 28.1 Å². The SMILES string of the molecule is CC(CC(=O)N(C)c1ccc(Br)s1)C(=O)O. The van der Waals surface area contributed by atoms with Crippen LogP contribution < -0.4 is 4.90 Å². The fourth-order valence-corrected chi connectivity index (χ4v) is 2.43. The Hall–Kier alpha value is -0.880. The fourth-order valence-electron chi connectivity index (χ4n) is 1.09. The number of carboxylic acids is 1. The van der Waals surface area contributed by atoms with E-state index < -0.39 is 11.9 Å². The summed E-state index contributed by atoms with van der Waals surface area (Å²) >= 11 is 4.74. The van der Waals surface area contributed by atoms with Gasteiger partial charge in [-0.25, -0.2) is 0 Å². The molecule has 4 nitrogen and oxygen atoms in total. The lowest BCUT2D eigenvalue weighted by Crippen LogP contribution is -2.28. The van der Waals surface area contributed by atoms with E-state index >= 15 is 0 Å². The van der Waals surface area contributed by atoms with Crippen LogP contribution in [0.15, 0.2) is 15.9 Å². The Morgan fingerprint density at radius 3 is 2.62 bits per heavy atom. The molecule has 0 aromatic carbocycles. The molecule has 6 heteroatoms. The molecule has 0 aliphatic heterocycles. The van der Waals surface area contributed by atoms with Crippen LogP contribution >= 0.6 is 27.3 Å². The van der Waals surface area contributed by atoms with Gasteiger partial charge in [0.1, 0.15) is 0 Å². The summed E-state index contributed by atoms with van der Waals surface area (Å²) in [7, 11) is 1.65. The van der Waals surface area contributed by atoms with Gasteiger partial charge < -0.3 is 10.0 Å². The number of hydrogen-bond donors (Lipinski definition) is 1. The van der Waals surface area contributed by atoms with Gasteiger partial charge in [0.2, 0.25) is 5.91 Å². The molecule has 0 fully saturated rings. The molecule has 16 heavy (non-hydrogen) atoms. The highest BCUT2D eigenvalue weighted by atomic mass is 79.9. The van der Waals surface area contributed by atoms with Gasteiger partial charge in [0, 0.05) is 13.5 Å². The quantitative estimate of drug-likeness (QED) is 0.930. The predicted octanol–water partition coefficient (Wildman–Crippen LogP) is 2.58. The van der Waals surface area contributed by atoms with Crippen molar-refractivity contribution in [2.75, 3.05) is 11.9 Å². The number of carbonyl (C=O) groups is 2. The summed E-state index contributed by atoms with van der Waals surface area (Å²) < 4.78 is 0.938. The van der Waals surface area contributed by atoms with Crippen LogP contribution in [0.25, 0.3) is 0 Å². The molecule has 1 N–H and O–H groups in total. The molecule has 0 spiro atoms. The number of aliphatic carboxylic acids is 1. The molecule has 1 aromatic rings. The van der Waals surface area contributed by atoms with E-state index in [1.807, 2.05) is 12.1 Å². The second-order valence-electron chi connectivity index (χ2n) is 3.47. The van der Waals surface area contributed by atoms with Gasteiger partial charge in [-0.3, -0.25) is 9.59 Å². The highest BCUT2D eigenvalue weighted by Crippen LogP contribution is 2.29. The van der Waals surface area contributed by atoms with Crippen LogP contribution in [0.3, 0.4) is 0 Å². The molecule has 1 atom stereocenters. The maximum Gasteiger partial charge on any atom is 0.306 e. The lowest BCUT2D eigenvalue weighted by molar-refractivity contribution is -0.143. The zero-order chi connectivity index (χ0) is 12.3. The number of rotatable bonds is 4. The van der Waals surface area contributed by atoms with Gasteiger partial charge in [0.25, 0.3) is 0 Å². The lowest BCUT2D eigenvalue weighted by Gasteiger charge is -2.16. The van der Waals surface area contributed by atoms with Crippen LogP contribution in [0.1, 0.15) is 13.3 Å². The molecule has 0 saturated heterocycles. The van der Waals surface area contributed by atoms with Crippen molar-refractivity contribution in [2.24, 2.45) is 5.92 Å². The summed E-state index contributed by atoms with van der Waals surface area (Å²) in [6, 6.07) is 3.67. The second kappa shape index (κ2) is 5.45. The summed E-state index contributed by atoms with van der Waals surface area (Å²) in [5.74, 6) is -1.79. The predicted molar refractivity (Wildman–Crippen MR) is 66.8 cm³/mol. The highest BCUT2D eigenvalue weighted by molar-refractivity contribution is 9.11. The van der Waals surface area contributed by atoms with Gasteiger partial charge in [-0.2, -0.15) is 0 Å². The van der Waals surface area contributed by atoms with Crippen molar-refractivity contribution in [1.82, 2.24) is 0 Å². The first-order valence-corrected chi connectivity index (χ1v) is 6.27. The number of anilines is 1. The third kappa shape index (κ3) is 3.31. The van der Waals surface area contributed by atoms with Crippen molar-refractivity contribution in [3.05, 3.63) is 15.9 Å². The van der Waals surface area contributed by atoms with Crippen LogP contribution in [0.5, 0.6) is 0 Å². The highest BCUT2D eigenvalue weighted by Gasteiger charge is 2.20.